The standard InChI is InChI=1S/C21H28N2O4S/c1-16(2)27-19-11-9-18(10-12-19)13-14-22-21(24)15-23(28(4,25)26)20-8-6-5-7-17(20)3/h5-12,16H,13-15H2,1-4H3,(H,22,24). The van der Waals surface area contributed by atoms with Gasteiger partial charge in [0.2, 0.25) is 15.9 Å². The third-order valence-corrected chi connectivity index (χ3v) is 5.23. The first-order valence-electron chi connectivity index (χ1n) is 9.22. The van der Waals surface area contributed by atoms with Crippen LogP contribution >= 0.6 is 0 Å². The fourth-order valence-electron chi connectivity index (χ4n) is 2.76. The van der Waals surface area contributed by atoms with Crippen molar-refractivity contribution < 1.29 is 17.9 Å². The number of para-hydroxylation sites is 1. The highest BCUT2D eigenvalue weighted by molar-refractivity contribution is 7.92. The number of benzene rings is 2. The van der Waals surface area contributed by atoms with Gasteiger partial charge < -0.3 is 10.1 Å². The number of nitrogens with one attached hydrogen (secondary N) is 1. The van der Waals surface area contributed by atoms with Gasteiger partial charge in [-0.15, -0.1) is 0 Å². The minimum atomic E-state index is -3.57. The zero-order valence-corrected chi connectivity index (χ0v) is 17.6. The first-order chi connectivity index (χ1) is 13.2. The molecular weight excluding hydrogens is 376 g/mol. The van der Waals surface area contributed by atoms with E-state index < -0.39 is 10.0 Å². The van der Waals surface area contributed by atoms with Crippen molar-refractivity contribution in [3.63, 3.8) is 0 Å². The second kappa shape index (κ2) is 9.59. The molecule has 0 spiro atoms. The smallest absolute Gasteiger partial charge is 0.240 e. The number of ether oxygens (including phenoxy) is 1. The fraction of sp³-hybridized carbons (Fsp3) is 0.381. The number of aryl methyl sites for hydroxylation is 1. The van der Waals surface area contributed by atoms with E-state index in [0.717, 1.165) is 27.4 Å². The lowest BCUT2D eigenvalue weighted by Gasteiger charge is -2.23. The van der Waals surface area contributed by atoms with Crippen molar-refractivity contribution in [1.29, 1.82) is 0 Å². The summed E-state index contributed by atoms with van der Waals surface area (Å²) in [6.45, 7) is 5.94. The van der Waals surface area contributed by atoms with Gasteiger partial charge in [-0.25, -0.2) is 8.42 Å². The van der Waals surface area contributed by atoms with E-state index >= 15 is 0 Å². The van der Waals surface area contributed by atoms with Gasteiger partial charge >= 0.3 is 0 Å². The van der Waals surface area contributed by atoms with Crippen molar-refractivity contribution in [2.75, 3.05) is 23.7 Å². The molecule has 0 aromatic heterocycles. The maximum absolute atomic E-state index is 12.3. The minimum absolute atomic E-state index is 0.121. The normalized spacial score (nSPS) is 11.3. The van der Waals surface area contributed by atoms with Crippen molar-refractivity contribution >= 4 is 21.6 Å². The number of carbonyl (C=O) groups is 1. The SMILES string of the molecule is Cc1ccccc1N(CC(=O)NCCc1ccc(OC(C)C)cc1)S(C)(=O)=O. The van der Waals surface area contributed by atoms with Crippen molar-refractivity contribution in [3.05, 3.63) is 59.7 Å². The zero-order chi connectivity index (χ0) is 20.7. The van der Waals surface area contributed by atoms with E-state index in [1.54, 1.807) is 12.1 Å². The number of carbonyl (C=O) groups excluding carboxylic acids is 1. The van der Waals surface area contributed by atoms with Crippen LogP contribution in [0.4, 0.5) is 5.69 Å². The van der Waals surface area contributed by atoms with Gasteiger partial charge in [0, 0.05) is 6.54 Å². The van der Waals surface area contributed by atoms with Crippen LogP contribution in [-0.4, -0.2) is 39.8 Å². The van der Waals surface area contributed by atoms with Crippen LogP contribution in [-0.2, 0) is 21.2 Å². The maximum Gasteiger partial charge on any atom is 0.240 e. The Kier molecular flexibility index (Phi) is 7.45. The molecule has 0 aliphatic carbocycles. The predicted molar refractivity (Wildman–Crippen MR) is 112 cm³/mol. The molecule has 7 heteroatoms. The highest BCUT2D eigenvalue weighted by Gasteiger charge is 2.21. The van der Waals surface area contributed by atoms with Crippen LogP contribution in [0.1, 0.15) is 25.0 Å². The summed E-state index contributed by atoms with van der Waals surface area (Å²) in [5, 5.41) is 2.79. The molecular formula is C21H28N2O4S. The fourth-order valence-corrected chi connectivity index (χ4v) is 3.68. The van der Waals surface area contributed by atoms with Gasteiger partial charge in [0.1, 0.15) is 12.3 Å². The summed E-state index contributed by atoms with van der Waals surface area (Å²) < 4.78 is 31.1. The predicted octanol–water partition coefficient (Wildman–Crippen LogP) is 2.91. The third-order valence-electron chi connectivity index (χ3n) is 4.10. The molecule has 0 atom stereocenters. The van der Waals surface area contributed by atoms with Crippen LogP contribution in [0.2, 0.25) is 0 Å². The van der Waals surface area contributed by atoms with E-state index in [1.165, 1.54) is 0 Å². The summed E-state index contributed by atoms with van der Waals surface area (Å²) in [5.74, 6) is 0.471. The number of rotatable bonds is 9. The van der Waals surface area contributed by atoms with Crippen LogP contribution in [0, 0.1) is 6.92 Å². The lowest BCUT2D eigenvalue weighted by atomic mass is 10.1. The van der Waals surface area contributed by atoms with Crippen LogP contribution in [0.15, 0.2) is 48.5 Å². The van der Waals surface area contributed by atoms with E-state index in [9.17, 15) is 13.2 Å². The maximum atomic E-state index is 12.3. The second-order valence-corrected chi connectivity index (χ2v) is 8.87. The quantitative estimate of drug-likeness (QED) is 0.697. The Labute approximate surface area is 167 Å². The molecule has 0 heterocycles. The van der Waals surface area contributed by atoms with Crippen LogP contribution in [0.3, 0.4) is 0 Å². The molecule has 152 valence electrons. The van der Waals surface area contributed by atoms with E-state index in [1.807, 2.05) is 57.2 Å². The van der Waals surface area contributed by atoms with Gasteiger partial charge in [-0.2, -0.15) is 0 Å². The molecule has 0 aliphatic heterocycles. The van der Waals surface area contributed by atoms with Crippen LogP contribution in [0.5, 0.6) is 5.75 Å². The average molecular weight is 405 g/mol. The summed E-state index contributed by atoms with van der Waals surface area (Å²) in [7, 11) is -3.57. The van der Waals surface area contributed by atoms with E-state index in [0.29, 0.717) is 18.7 Å². The molecule has 6 nitrogen and oxygen atoms in total. The zero-order valence-electron chi connectivity index (χ0n) is 16.8. The van der Waals surface area contributed by atoms with E-state index in [4.69, 9.17) is 4.74 Å². The number of anilines is 1. The Balaban J connectivity index is 1.92. The number of amides is 1. The molecule has 1 N–H and O–H groups in total. The summed E-state index contributed by atoms with van der Waals surface area (Å²) in [5.41, 5.74) is 2.38. The number of hydrogen-bond donors (Lipinski definition) is 1. The number of nitrogens with zero attached hydrogens (tertiary/aromatic N) is 1. The molecule has 0 saturated carbocycles. The Morgan fingerprint density at radius 1 is 1.11 bits per heavy atom. The molecule has 0 radical (unpaired) electrons. The van der Waals surface area contributed by atoms with E-state index in [2.05, 4.69) is 5.32 Å². The molecule has 1 amide bonds. The summed E-state index contributed by atoms with van der Waals surface area (Å²) in [6.07, 6.45) is 1.88. The van der Waals surface area contributed by atoms with Crippen LogP contribution in [0.25, 0.3) is 0 Å². The Morgan fingerprint density at radius 2 is 1.75 bits per heavy atom. The second-order valence-electron chi connectivity index (χ2n) is 6.97. The molecule has 0 saturated heterocycles. The third kappa shape index (κ3) is 6.56. The molecule has 2 aromatic carbocycles. The molecule has 0 bridgehead atoms. The molecule has 0 fully saturated rings. The molecule has 28 heavy (non-hydrogen) atoms. The van der Waals surface area contributed by atoms with Gasteiger partial charge in [-0.05, 0) is 56.5 Å². The van der Waals surface area contributed by atoms with Gasteiger partial charge in [0.05, 0.1) is 18.0 Å². The lowest BCUT2D eigenvalue weighted by molar-refractivity contribution is -0.119. The molecule has 2 aromatic rings. The van der Waals surface area contributed by atoms with Gasteiger partial charge in [-0.3, -0.25) is 9.10 Å². The van der Waals surface area contributed by atoms with Crippen LogP contribution < -0.4 is 14.4 Å². The highest BCUT2D eigenvalue weighted by atomic mass is 32.2. The molecule has 2 rings (SSSR count). The first-order valence-corrected chi connectivity index (χ1v) is 11.1. The Hall–Kier alpha value is -2.54. The van der Waals surface area contributed by atoms with Gasteiger partial charge in [-0.1, -0.05) is 30.3 Å². The molecule has 0 unspecified atom stereocenters. The number of hydrogen-bond acceptors (Lipinski definition) is 4. The van der Waals surface area contributed by atoms with Crippen molar-refractivity contribution in [2.24, 2.45) is 0 Å². The summed E-state index contributed by atoms with van der Waals surface area (Å²) in [6, 6.07) is 14.8. The largest absolute Gasteiger partial charge is 0.491 e. The Bertz CT molecular complexity index is 893. The van der Waals surface area contributed by atoms with Crippen molar-refractivity contribution in [2.45, 2.75) is 33.3 Å². The topological polar surface area (TPSA) is 75.7 Å². The van der Waals surface area contributed by atoms with Crippen molar-refractivity contribution in [1.82, 2.24) is 5.32 Å². The monoisotopic (exact) mass is 404 g/mol. The highest BCUT2D eigenvalue weighted by Crippen LogP contribution is 2.21. The molecule has 0 aliphatic rings. The summed E-state index contributed by atoms with van der Waals surface area (Å²) >= 11 is 0. The number of sulfonamides is 1. The first kappa shape index (κ1) is 21.8. The Morgan fingerprint density at radius 3 is 2.32 bits per heavy atom. The van der Waals surface area contributed by atoms with Gasteiger partial charge in [0.15, 0.2) is 0 Å². The van der Waals surface area contributed by atoms with Gasteiger partial charge in [0.25, 0.3) is 0 Å². The lowest BCUT2D eigenvalue weighted by Crippen LogP contribution is -2.41. The average Bonchev–Trinajstić information content (AvgIpc) is 2.60. The minimum Gasteiger partial charge on any atom is -0.491 e. The van der Waals surface area contributed by atoms with Crippen molar-refractivity contribution in [3.8, 4) is 5.75 Å². The van der Waals surface area contributed by atoms with E-state index in [-0.39, 0.29) is 18.6 Å². The summed E-state index contributed by atoms with van der Waals surface area (Å²) in [4.78, 5) is 12.3.